The molecule has 19 heavy (non-hydrogen) atoms. The lowest BCUT2D eigenvalue weighted by molar-refractivity contribution is 0.0622. The Kier molecular flexibility index (Phi) is 14.7. The molecular formula is C14H32N2O2S. The average Bonchev–Trinajstić information content (AvgIpc) is 2.43. The van der Waals surface area contributed by atoms with E-state index in [0.29, 0.717) is 12.6 Å². The van der Waals surface area contributed by atoms with Gasteiger partial charge in [0.1, 0.15) is 0 Å². The number of thioether (sulfide) groups is 1. The third-order valence-corrected chi connectivity index (χ3v) is 3.83. The second-order valence-electron chi connectivity index (χ2n) is 4.45. The average molecular weight is 292 g/mol. The molecule has 116 valence electrons. The predicted octanol–water partition coefficient (Wildman–Crippen LogP) is 1.83. The highest BCUT2D eigenvalue weighted by Gasteiger charge is 2.16. The van der Waals surface area contributed by atoms with E-state index in [1.54, 1.807) is 0 Å². The van der Waals surface area contributed by atoms with Crippen LogP contribution in [-0.4, -0.2) is 69.0 Å². The van der Waals surface area contributed by atoms with Gasteiger partial charge in [-0.05, 0) is 38.7 Å². The van der Waals surface area contributed by atoms with Gasteiger partial charge in [0, 0.05) is 38.9 Å². The monoisotopic (exact) mass is 292 g/mol. The van der Waals surface area contributed by atoms with Crippen LogP contribution in [-0.2, 0) is 9.47 Å². The number of hydrogen-bond donors (Lipinski definition) is 1. The van der Waals surface area contributed by atoms with Crippen LogP contribution in [0.5, 0.6) is 0 Å². The number of nitrogens with zero attached hydrogens (tertiary/aromatic N) is 1. The minimum atomic E-state index is 0.452. The maximum Gasteiger partial charge on any atom is 0.0593 e. The smallest absolute Gasteiger partial charge is 0.0593 e. The van der Waals surface area contributed by atoms with Gasteiger partial charge in [0.2, 0.25) is 0 Å². The largest absolute Gasteiger partial charge is 0.380 e. The molecule has 0 aliphatic rings. The number of ether oxygens (including phenoxy) is 2. The molecule has 0 spiro atoms. The minimum Gasteiger partial charge on any atom is -0.380 e. The second kappa shape index (κ2) is 14.6. The van der Waals surface area contributed by atoms with E-state index < -0.39 is 0 Å². The van der Waals surface area contributed by atoms with E-state index in [1.165, 1.54) is 12.2 Å². The van der Waals surface area contributed by atoms with Crippen molar-refractivity contribution in [1.82, 2.24) is 4.90 Å². The summed E-state index contributed by atoms with van der Waals surface area (Å²) in [7, 11) is 0. The lowest BCUT2D eigenvalue weighted by Gasteiger charge is -2.30. The lowest BCUT2D eigenvalue weighted by atomic mass is 10.1. The van der Waals surface area contributed by atoms with Crippen molar-refractivity contribution in [3.63, 3.8) is 0 Å². The first-order chi connectivity index (χ1) is 9.29. The second-order valence-corrected chi connectivity index (χ2v) is 5.44. The van der Waals surface area contributed by atoms with Gasteiger partial charge in [0.25, 0.3) is 0 Å². The van der Waals surface area contributed by atoms with Gasteiger partial charge in [0.15, 0.2) is 0 Å². The molecule has 0 aliphatic carbocycles. The summed E-state index contributed by atoms with van der Waals surface area (Å²) in [6, 6.07) is 0.452. The van der Waals surface area contributed by atoms with Crippen LogP contribution in [0.1, 0.15) is 26.7 Å². The zero-order chi connectivity index (χ0) is 14.3. The van der Waals surface area contributed by atoms with Crippen molar-refractivity contribution >= 4 is 11.8 Å². The van der Waals surface area contributed by atoms with Crippen molar-refractivity contribution in [2.75, 3.05) is 58.1 Å². The van der Waals surface area contributed by atoms with Crippen molar-refractivity contribution in [2.45, 2.75) is 32.7 Å². The van der Waals surface area contributed by atoms with Crippen molar-refractivity contribution in [3.05, 3.63) is 0 Å². The van der Waals surface area contributed by atoms with Gasteiger partial charge >= 0.3 is 0 Å². The van der Waals surface area contributed by atoms with Gasteiger partial charge in [-0.15, -0.1) is 0 Å². The van der Waals surface area contributed by atoms with Crippen LogP contribution in [0.4, 0.5) is 0 Å². The van der Waals surface area contributed by atoms with Crippen LogP contribution in [0.15, 0.2) is 0 Å². The summed E-state index contributed by atoms with van der Waals surface area (Å²) in [6.07, 6.45) is 4.54. The van der Waals surface area contributed by atoms with Crippen molar-refractivity contribution in [3.8, 4) is 0 Å². The molecular weight excluding hydrogens is 260 g/mol. The topological polar surface area (TPSA) is 47.7 Å². The van der Waals surface area contributed by atoms with Crippen LogP contribution in [0.25, 0.3) is 0 Å². The summed E-state index contributed by atoms with van der Waals surface area (Å²) in [4.78, 5) is 2.42. The molecule has 0 saturated carbocycles. The zero-order valence-electron chi connectivity index (χ0n) is 12.9. The first kappa shape index (κ1) is 19.2. The molecule has 2 N–H and O–H groups in total. The van der Waals surface area contributed by atoms with E-state index in [0.717, 1.165) is 45.9 Å². The summed E-state index contributed by atoms with van der Waals surface area (Å²) >= 11 is 1.90. The molecule has 0 bridgehead atoms. The summed E-state index contributed by atoms with van der Waals surface area (Å²) in [6.45, 7) is 9.78. The van der Waals surface area contributed by atoms with Gasteiger partial charge in [-0.3, -0.25) is 4.90 Å². The fourth-order valence-corrected chi connectivity index (χ4v) is 2.50. The Labute approximate surface area is 123 Å². The summed E-state index contributed by atoms with van der Waals surface area (Å²) in [5.74, 6) is 1.21. The van der Waals surface area contributed by atoms with Crippen LogP contribution in [0.2, 0.25) is 0 Å². The zero-order valence-corrected chi connectivity index (χ0v) is 13.7. The molecule has 0 aromatic heterocycles. The first-order valence-corrected chi connectivity index (χ1v) is 8.78. The Hall–Kier alpha value is 0.190. The normalized spacial score (nSPS) is 13.1. The van der Waals surface area contributed by atoms with Gasteiger partial charge in [-0.25, -0.2) is 0 Å². The van der Waals surface area contributed by atoms with Gasteiger partial charge in [-0.2, -0.15) is 11.8 Å². The third kappa shape index (κ3) is 10.6. The van der Waals surface area contributed by atoms with Gasteiger partial charge < -0.3 is 15.2 Å². The summed E-state index contributed by atoms with van der Waals surface area (Å²) in [5.41, 5.74) is 5.93. The van der Waals surface area contributed by atoms with Gasteiger partial charge in [-0.1, -0.05) is 0 Å². The Morgan fingerprint density at radius 2 is 1.68 bits per heavy atom. The van der Waals surface area contributed by atoms with E-state index in [-0.39, 0.29) is 0 Å². The predicted molar refractivity (Wildman–Crippen MR) is 85.0 cm³/mol. The molecule has 0 aliphatic heterocycles. The number of rotatable bonds is 14. The van der Waals surface area contributed by atoms with Crippen molar-refractivity contribution < 1.29 is 9.47 Å². The maximum absolute atomic E-state index is 5.93. The molecule has 0 aromatic carbocycles. The van der Waals surface area contributed by atoms with Crippen LogP contribution < -0.4 is 5.73 Å². The molecule has 1 unspecified atom stereocenters. The van der Waals surface area contributed by atoms with Crippen molar-refractivity contribution in [1.29, 1.82) is 0 Å². The molecule has 0 saturated heterocycles. The van der Waals surface area contributed by atoms with E-state index in [9.17, 15) is 0 Å². The van der Waals surface area contributed by atoms with Crippen LogP contribution in [0.3, 0.4) is 0 Å². The molecule has 0 fully saturated rings. The molecule has 0 rings (SSSR count). The van der Waals surface area contributed by atoms with E-state index in [2.05, 4.69) is 11.2 Å². The highest BCUT2D eigenvalue weighted by atomic mass is 32.2. The Balaban J connectivity index is 4.13. The first-order valence-electron chi connectivity index (χ1n) is 7.38. The highest BCUT2D eigenvalue weighted by Crippen LogP contribution is 2.09. The Morgan fingerprint density at radius 3 is 2.11 bits per heavy atom. The number of hydrogen-bond acceptors (Lipinski definition) is 5. The van der Waals surface area contributed by atoms with E-state index in [4.69, 9.17) is 15.2 Å². The van der Waals surface area contributed by atoms with Crippen LogP contribution in [0, 0.1) is 0 Å². The Morgan fingerprint density at radius 1 is 1.11 bits per heavy atom. The molecule has 0 heterocycles. The fourth-order valence-electron chi connectivity index (χ4n) is 2.04. The quantitative estimate of drug-likeness (QED) is 0.495. The third-order valence-electron chi connectivity index (χ3n) is 3.13. The van der Waals surface area contributed by atoms with Gasteiger partial charge in [0.05, 0.1) is 13.2 Å². The fraction of sp³-hybridized carbons (Fsp3) is 1.00. The standard InChI is InChI=1S/C14H32N2O2S/c1-4-17-10-8-16(9-11-18-5-2)14(13-15)7-6-12-19-3/h14H,4-13,15H2,1-3H3. The number of nitrogens with two attached hydrogens (primary N) is 1. The molecule has 1 atom stereocenters. The highest BCUT2D eigenvalue weighted by molar-refractivity contribution is 7.98. The lowest BCUT2D eigenvalue weighted by Crippen LogP contribution is -2.44. The van der Waals surface area contributed by atoms with Crippen LogP contribution >= 0.6 is 11.8 Å². The van der Waals surface area contributed by atoms with Crippen molar-refractivity contribution in [2.24, 2.45) is 5.73 Å². The summed E-state index contributed by atoms with van der Waals surface area (Å²) < 4.78 is 10.9. The van der Waals surface area contributed by atoms with E-state index >= 15 is 0 Å². The Bertz CT molecular complexity index is 175. The summed E-state index contributed by atoms with van der Waals surface area (Å²) in [5, 5.41) is 0. The molecule has 4 nitrogen and oxygen atoms in total. The van der Waals surface area contributed by atoms with E-state index in [1.807, 2.05) is 25.6 Å². The molecule has 0 aromatic rings. The molecule has 0 amide bonds. The molecule has 5 heteroatoms. The maximum atomic E-state index is 5.93. The molecule has 0 radical (unpaired) electrons. The SMILES string of the molecule is CCOCCN(CCOCC)C(CN)CCCSC. The minimum absolute atomic E-state index is 0.452.